The number of rotatable bonds is 9. The van der Waals surface area contributed by atoms with E-state index in [0.717, 1.165) is 30.7 Å². The van der Waals surface area contributed by atoms with Gasteiger partial charge in [0, 0.05) is 29.0 Å². The molecule has 6 heteroatoms. The topological polar surface area (TPSA) is 79.5 Å². The van der Waals surface area contributed by atoms with Crippen molar-refractivity contribution in [1.29, 1.82) is 0 Å². The SMILES string of the molecule is CCC(C)Oc1cccc(NCC(=O)Nc2cccc(C(=O)NC3CCCCC3)c2)c1. The normalized spacial score (nSPS) is 15.0. The Kier molecular flexibility index (Phi) is 8.33. The van der Waals surface area contributed by atoms with Crippen molar-refractivity contribution in [3.8, 4) is 5.75 Å². The highest BCUT2D eigenvalue weighted by Gasteiger charge is 2.17. The van der Waals surface area contributed by atoms with Gasteiger partial charge in [-0.05, 0) is 56.5 Å². The lowest BCUT2D eigenvalue weighted by molar-refractivity contribution is -0.114. The molecule has 2 aromatic carbocycles. The summed E-state index contributed by atoms with van der Waals surface area (Å²) in [5, 5.41) is 9.08. The molecule has 2 amide bonds. The zero-order valence-electron chi connectivity index (χ0n) is 18.4. The summed E-state index contributed by atoms with van der Waals surface area (Å²) in [5.74, 6) is 0.508. The molecule has 0 saturated heterocycles. The van der Waals surface area contributed by atoms with Crippen molar-refractivity contribution in [2.75, 3.05) is 17.2 Å². The molecular weight excluding hydrogens is 390 g/mol. The van der Waals surface area contributed by atoms with Crippen LogP contribution in [0.3, 0.4) is 0 Å². The minimum atomic E-state index is -0.182. The molecule has 0 aromatic heterocycles. The van der Waals surface area contributed by atoms with Crippen molar-refractivity contribution in [2.24, 2.45) is 0 Å². The summed E-state index contributed by atoms with van der Waals surface area (Å²) in [6, 6.07) is 14.9. The van der Waals surface area contributed by atoms with Crippen LogP contribution in [-0.2, 0) is 4.79 Å². The van der Waals surface area contributed by atoms with E-state index in [4.69, 9.17) is 4.74 Å². The number of hydrogen-bond acceptors (Lipinski definition) is 4. The quantitative estimate of drug-likeness (QED) is 0.532. The molecule has 166 valence electrons. The van der Waals surface area contributed by atoms with E-state index in [9.17, 15) is 9.59 Å². The number of hydrogen-bond donors (Lipinski definition) is 3. The predicted octanol–water partition coefficient (Wildman–Crippen LogP) is 4.98. The fourth-order valence-electron chi connectivity index (χ4n) is 3.64. The highest BCUT2D eigenvalue weighted by molar-refractivity contribution is 5.98. The Balaban J connectivity index is 1.51. The van der Waals surface area contributed by atoms with Crippen molar-refractivity contribution in [3.05, 3.63) is 54.1 Å². The number of benzene rings is 2. The third kappa shape index (κ3) is 7.31. The van der Waals surface area contributed by atoms with Crippen LogP contribution in [0.1, 0.15) is 62.7 Å². The van der Waals surface area contributed by atoms with E-state index in [-0.39, 0.29) is 30.5 Å². The van der Waals surface area contributed by atoms with Crippen LogP contribution >= 0.6 is 0 Å². The van der Waals surface area contributed by atoms with E-state index in [0.29, 0.717) is 11.3 Å². The van der Waals surface area contributed by atoms with Gasteiger partial charge in [0.25, 0.3) is 5.91 Å². The predicted molar refractivity (Wildman–Crippen MR) is 125 cm³/mol. The monoisotopic (exact) mass is 423 g/mol. The smallest absolute Gasteiger partial charge is 0.251 e. The standard InChI is InChI=1S/C25H33N3O3/c1-3-18(2)31-23-14-8-12-21(16-23)26-17-24(29)27-22-13-7-9-19(15-22)25(30)28-20-10-5-4-6-11-20/h7-9,12-16,18,20,26H,3-6,10-11,17H2,1-2H3,(H,27,29)(H,28,30). The summed E-state index contributed by atoms with van der Waals surface area (Å²) in [5.41, 5.74) is 1.99. The van der Waals surface area contributed by atoms with Gasteiger partial charge < -0.3 is 20.7 Å². The summed E-state index contributed by atoms with van der Waals surface area (Å²) in [4.78, 5) is 24.9. The fraction of sp³-hybridized carbons (Fsp3) is 0.440. The Labute approximate surface area is 184 Å². The molecule has 2 aromatic rings. The molecule has 0 heterocycles. The molecule has 1 fully saturated rings. The van der Waals surface area contributed by atoms with Crippen LogP contribution in [-0.4, -0.2) is 30.5 Å². The van der Waals surface area contributed by atoms with E-state index in [2.05, 4.69) is 22.9 Å². The van der Waals surface area contributed by atoms with Gasteiger partial charge >= 0.3 is 0 Å². The molecule has 1 unspecified atom stereocenters. The van der Waals surface area contributed by atoms with Crippen LogP contribution in [0.15, 0.2) is 48.5 Å². The fourth-order valence-corrected chi connectivity index (χ4v) is 3.64. The van der Waals surface area contributed by atoms with E-state index in [1.165, 1.54) is 19.3 Å². The second kappa shape index (κ2) is 11.4. The summed E-state index contributed by atoms with van der Waals surface area (Å²) in [6.45, 7) is 4.22. The molecule has 0 spiro atoms. The van der Waals surface area contributed by atoms with E-state index in [1.54, 1.807) is 24.3 Å². The van der Waals surface area contributed by atoms with Gasteiger partial charge in [0.05, 0.1) is 12.6 Å². The first-order valence-corrected chi connectivity index (χ1v) is 11.2. The maximum absolute atomic E-state index is 12.5. The van der Waals surface area contributed by atoms with E-state index in [1.807, 2.05) is 31.2 Å². The van der Waals surface area contributed by atoms with Crippen LogP contribution in [0.25, 0.3) is 0 Å². The Hall–Kier alpha value is -3.02. The van der Waals surface area contributed by atoms with Gasteiger partial charge in [0.15, 0.2) is 0 Å². The average Bonchev–Trinajstić information content (AvgIpc) is 2.79. The largest absolute Gasteiger partial charge is 0.491 e. The summed E-state index contributed by atoms with van der Waals surface area (Å²) >= 11 is 0. The van der Waals surface area contributed by atoms with Crippen molar-refractivity contribution < 1.29 is 14.3 Å². The highest BCUT2D eigenvalue weighted by Crippen LogP contribution is 2.20. The molecular formula is C25H33N3O3. The second-order valence-electron chi connectivity index (χ2n) is 8.16. The summed E-state index contributed by atoms with van der Waals surface area (Å²) in [6.07, 6.45) is 6.73. The molecule has 1 aliphatic carbocycles. The first-order valence-electron chi connectivity index (χ1n) is 11.2. The van der Waals surface area contributed by atoms with Crippen LogP contribution < -0.4 is 20.7 Å². The molecule has 3 N–H and O–H groups in total. The molecule has 3 rings (SSSR count). The van der Waals surface area contributed by atoms with Gasteiger partial charge in [-0.15, -0.1) is 0 Å². The lowest BCUT2D eigenvalue weighted by Gasteiger charge is -2.22. The van der Waals surface area contributed by atoms with Gasteiger partial charge in [-0.25, -0.2) is 0 Å². The first-order chi connectivity index (χ1) is 15.0. The Bertz CT molecular complexity index is 878. The number of anilines is 2. The van der Waals surface area contributed by atoms with Gasteiger partial charge in [-0.2, -0.15) is 0 Å². The number of nitrogens with one attached hydrogen (secondary N) is 3. The number of amides is 2. The maximum atomic E-state index is 12.5. The lowest BCUT2D eigenvalue weighted by atomic mass is 9.95. The zero-order chi connectivity index (χ0) is 22.1. The van der Waals surface area contributed by atoms with Gasteiger partial charge in [0.1, 0.15) is 5.75 Å². The minimum Gasteiger partial charge on any atom is -0.491 e. The highest BCUT2D eigenvalue weighted by atomic mass is 16.5. The van der Waals surface area contributed by atoms with Gasteiger partial charge in [-0.1, -0.05) is 38.3 Å². The lowest BCUT2D eigenvalue weighted by Crippen LogP contribution is -2.36. The van der Waals surface area contributed by atoms with E-state index < -0.39 is 0 Å². The third-order valence-corrected chi connectivity index (χ3v) is 5.55. The molecule has 1 aliphatic rings. The van der Waals surface area contributed by atoms with Crippen molar-refractivity contribution in [2.45, 2.75) is 64.5 Å². The summed E-state index contributed by atoms with van der Waals surface area (Å²) < 4.78 is 5.82. The minimum absolute atomic E-state index is 0.0840. The van der Waals surface area contributed by atoms with Crippen LogP contribution in [0, 0.1) is 0 Å². The summed E-state index contributed by atoms with van der Waals surface area (Å²) in [7, 11) is 0. The molecule has 1 saturated carbocycles. The van der Waals surface area contributed by atoms with E-state index >= 15 is 0 Å². The van der Waals surface area contributed by atoms with Crippen molar-refractivity contribution >= 4 is 23.2 Å². The van der Waals surface area contributed by atoms with Crippen LogP contribution in [0.4, 0.5) is 11.4 Å². The second-order valence-corrected chi connectivity index (χ2v) is 8.16. The first kappa shape index (κ1) is 22.7. The number of carbonyl (C=O) groups excluding carboxylic acids is 2. The molecule has 31 heavy (non-hydrogen) atoms. The Morgan fingerprint density at radius 1 is 1.03 bits per heavy atom. The molecule has 6 nitrogen and oxygen atoms in total. The molecule has 1 atom stereocenters. The average molecular weight is 424 g/mol. The van der Waals surface area contributed by atoms with Crippen molar-refractivity contribution in [1.82, 2.24) is 5.32 Å². The number of carbonyl (C=O) groups is 2. The molecule has 0 bridgehead atoms. The maximum Gasteiger partial charge on any atom is 0.251 e. The Morgan fingerprint density at radius 3 is 2.55 bits per heavy atom. The molecule has 0 radical (unpaired) electrons. The van der Waals surface area contributed by atoms with Crippen molar-refractivity contribution in [3.63, 3.8) is 0 Å². The zero-order valence-corrected chi connectivity index (χ0v) is 18.4. The van der Waals surface area contributed by atoms with Crippen LogP contribution in [0.2, 0.25) is 0 Å². The number of ether oxygens (including phenoxy) is 1. The van der Waals surface area contributed by atoms with Crippen LogP contribution in [0.5, 0.6) is 5.75 Å². The van der Waals surface area contributed by atoms with Gasteiger partial charge in [0.2, 0.25) is 5.91 Å². The molecule has 0 aliphatic heterocycles. The van der Waals surface area contributed by atoms with Gasteiger partial charge in [-0.3, -0.25) is 9.59 Å². The Morgan fingerprint density at radius 2 is 1.77 bits per heavy atom. The third-order valence-electron chi connectivity index (χ3n) is 5.55.